The van der Waals surface area contributed by atoms with E-state index in [9.17, 15) is 30.6 Å². The Bertz CT molecular complexity index is 379. The van der Waals surface area contributed by atoms with Gasteiger partial charge in [-0.25, -0.2) is 0 Å². The molecule has 10 nitrogen and oxygen atoms in total. The van der Waals surface area contributed by atoms with Gasteiger partial charge in [0, 0.05) is 0 Å². The molecule has 0 bridgehead atoms. The molecule has 0 amide bonds. The van der Waals surface area contributed by atoms with Crippen molar-refractivity contribution in [2.24, 2.45) is 0 Å². The molecule has 0 spiro atoms. The fourth-order valence-electron chi connectivity index (χ4n) is 2.69. The highest BCUT2D eigenvalue weighted by Gasteiger charge is 2.60. The van der Waals surface area contributed by atoms with Crippen LogP contribution < -0.4 is 0 Å². The van der Waals surface area contributed by atoms with E-state index in [0.29, 0.717) is 6.61 Å². The van der Waals surface area contributed by atoms with Gasteiger partial charge in [0.25, 0.3) is 0 Å². The molecular formula is C12H21O10. The number of aliphatic hydroxyl groups is 8. The number of hydrogen-bond donors (Lipinski definition) is 8. The van der Waals surface area contributed by atoms with E-state index in [1.807, 2.05) is 0 Å². The average molecular weight is 325 g/mol. The second-order valence-corrected chi connectivity index (χ2v) is 5.55. The Morgan fingerprint density at radius 2 is 1.41 bits per heavy atom. The van der Waals surface area contributed by atoms with Crippen LogP contribution in [0.4, 0.5) is 0 Å². The summed E-state index contributed by atoms with van der Waals surface area (Å²) in [5, 5.41) is 77.9. The lowest BCUT2D eigenvalue weighted by Crippen LogP contribution is -2.72. The molecule has 10 heteroatoms. The maximum atomic E-state index is 10.5. The lowest BCUT2D eigenvalue weighted by molar-refractivity contribution is -0.308. The van der Waals surface area contributed by atoms with E-state index < -0.39 is 67.6 Å². The number of aliphatic hydroxyl groups excluding tert-OH is 7. The molecular weight excluding hydrogens is 304 g/mol. The summed E-state index contributed by atoms with van der Waals surface area (Å²) in [7, 11) is 0. The summed E-state index contributed by atoms with van der Waals surface area (Å²) >= 11 is 0. The highest BCUT2D eigenvalue weighted by atomic mass is 16.6. The van der Waals surface area contributed by atoms with Crippen LogP contribution in [0.25, 0.3) is 0 Å². The van der Waals surface area contributed by atoms with E-state index >= 15 is 0 Å². The van der Waals surface area contributed by atoms with Gasteiger partial charge in [-0.2, -0.15) is 0 Å². The van der Waals surface area contributed by atoms with Gasteiger partial charge in [-0.15, -0.1) is 0 Å². The highest BCUT2D eigenvalue weighted by molar-refractivity contribution is 5.12. The van der Waals surface area contributed by atoms with Crippen molar-refractivity contribution in [3.8, 4) is 0 Å². The summed E-state index contributed by atoms with van der Waals surface area (Å²) in [5.74, 6) is 0. The van der Waals surface area contributed by atoms with E-state index in [-0.39, 0.29) is 0 Å². The topological polar surface area (TPSA) is 180 Å². The van der Waals surface area contributed by atoms with Crippen molar-refractivity contribution >= 4 is 0 Å². The molecule has 2 aliphatic rings. The van der Waals surface area contributed by atoms with Gasteiger partial charge in [0.05, 0.1) is 13.2 Å². The zero-order valence-corrected chi connectivity index (χ0v) is 11.5. The zero-order valence-electron chi connectivity index (χ0n) is 11.5. The van der Waals surface area contributed by atoms with Crippen LogP contribution in [0.2, 0.25) is 0 Å². The molecule has 0 aromatic heterocycles. The number of rotatable bonds is 3. The first-order valence-corrected chi connectivity index (χ1v) is 6.77. The molecule has 0 aromatic carbocycles. The molecule has 0 aliphatic carbocycles. The van der Waals surface area contributed by atoms with Crippen LogP contribution in [0.15, 0.2) is 0 Å². The van der Waals surface area contributed by atoms with Crippen LogP contribution in [-0.2, 0) is 9.47 Å². The predicted octanol–water partition coefficient (Wildman–Crippen LogP) is -5.17. The van der Waals surface area contributed by atoms with Gasteiger partial charge in [-0.3, -0.25) is 0 Å². The molecule has 2 rings (SSSR count). The summed E-state index contributed by atoms with van der Waals surface area (Å²) in [6, 6.07) is 0. The van der Waals surface area contributed by atoms with Gasteiger partial charge in [-0.05, 0) is 0 Å². The Labute approximate surface area is 125 Å². The van der Waals surface area contributed by atoms with Crippen molar-refractivity contribution < 1.29 is 50.3 Å². The minimum atomic E-state index is -2.43. The van der Waals surface area contributed by atoms with Crippen molar-refractivity contribution in [1.29, 1.82) is 0 Å². The molecule has 0 aromatic rings. The number of hydrogen-bond acceptors (Lipinski definition) is 10. The Balaban J connectivity index is 2.24. The van der Waals surface area contributed by atoms with E-state index in [0.717, 1.165) is 0 Å². The second kappa shape index (κ2) is 6.61. The molecule has 2 heterocycles. The minimum absolute atomic E-state index is 0.626. The normalized spacial score (nSPS) is 53.5. The van der Waals surface area contributed by atoms with Crippen molar-refractivity contribution in [3.05, 3.63) is 6.61 Å². The summed E-state index contributed by atoms with van der Waals surface area (Å²) in [4.78, 5) is 0. The molecule has 2 fully saturated rings. The molecule has 2 aliphatic heterocycles. The Morgan fingerprint density at radius 3 is 1.95 bits per heavy atom. The van der Waals surface area contributed by atoms with Crippen LogP contribution in [-0.4, -0.2) is 108 Å². The molecule has 4 unspecified atom stereocenters. The van der Waals surface area contributed by atoms with Crippen molar-refractivity contribution in [2.45, 2.75) is 54.4 Å². The third kappa shape index (κ3) is 2.76. The van der Waals surface area contributed by atoms with Gasteiger partial charge in [0.1, 0.15) is 55.4 Å². The largest absolute Gasteiger partial charge is 0.394 e. The van der Waals surface area contributed by atoms with Gasteiger partial charge in [0.2, 0.25) is 0 Å². The fraction of sp³-hybridized carbons (Fsp3) is 0.917. The van der Waals surface area contributed by atoms with Crippen molar-refractivity contribution in [2.75, 3.05) is 13.2 Å². The summed E-state index contributed by atoms with van der Waals surface area (Å²) < 4.78 is 10.1. The first-order valence-electron chi connectivity index (χ1n) is 6.77. The smallest absolute Gasteiger partial charge is 0.150 e. The number of ether oxygens (including phenoxy) is 2. The van der Waals surface area contributed by atoms with Gasteiger partial charge in [0.15, 0.2) is 5.60 Å². The lowest BCUT2D eigenvalue weighted by atomic mass is 9.78. The van der Waals surface area contributed by atoms with E-state index in [1.54, 1.807) is 0 Å². The first kappa shape index (κ1) is 17.9. The summed E-state index contributed by atoms with van der Waals surface area (Å²) in [6.07, 6.45) is -13.0. The van der Waals surface area contributed by atoms with Gasteiger partial charge >= 0.3 is 0 Å². The van der Waals surface area contributed by atoms with E-state index in [1.165, 1.54) is 0 Å². The molecule has 22 heavy (non-hydrogen) atoms. The first-order chi connectivity index (χ1) is 10.3. The minimum Gasteiger partial charge on any atom is -0.394 e. The van der Waals surface area contributed by atoms with Crippen LogP contribution in [0.5, 0.6) is 0 Å². The molecule has 9 atom stereocenters. The Morgan fingerprint density at radius 1 is 0.818 bits per heavy atom. The van der Waals surface area contributed by atoms with Crippen LogP contribution in [0.1, 0.15) is 0 Å². The monoisotopic (exact) mass is 325 g/mol. The molecule has 8 N–H and O–H groups in total. The van der Waals surface area contributed by atoms with Crippen LogP contribution >= 0.6 is 0 Å². The average Bonchev–Trinajstić information content (AvgIpc) is 2.51. The Hall–Kier alpha value is -0.400. The van der Waals surface area contributed by atoms with E-state index in [2.05, 4.69) is 0 Å². The predicted molar refractivity (Wildman–Crippen MR) is 67.0 cm³/mol. The summed E-state index contributed by atoms with van der Waals surface area (Å²) in [6.45, 7) is -0.645. The zero-order chi connectivity index (χ0) is 16.7. The van der Waals surface area contributed by atoms with Gasteiger partial charge < -0.3 is 50.3 Å². The maximum absolute atomic E-state index is 10.5. The molecule has 2 saturated heterocycles. The SMILES string of the molecule is OCC1O[CH]C(O)([C@@H]2O[C@H](CO)[C@@H](O)[C@H](O)[C@@H]2O)C(O)C1O. The maximum Gasteiger partial charge on any atom is 0.150 e. The quantitative estimate of drug-likeness (QED) is 0.250. The Kier molecular flexibility index (Phi) is 5.39. The standard InChI is InChI=1S/C12H21O10/c13-1-4-7(16)10(19)12(20,3-21-4)11-9(18)8(17)6(15)5(2-14)22-11/h3-11,13-20H,1-2H2/t4?,5-,6-,7?,8+,9+,10?,11-,12?/m1/s1. The summed E-state index contributed by atoms with van der Waals surface area (Å²) in [5.41, 5.74) is -2.43. The van der Waals surface area contributed by atoms with Gasteiger partial charge in [-0.1, -0.05) is 0 Å². The molecule has 1 radical (unpaired) electrons. The molecule has 0 saturated carbocycles. The van der Waals surface area contributed by atoms with Crippen LogP contribution in [0.3, 0.4) is 0 Å². The van der Waals surface area contributed by atoms with E-state index in [4.69, 9.17) is 19.7 Å². The van der Waals surface area contributed by atoms with Crippen molar-refractivity contribution in [1.82, 2.24) is 0 Å². The second-order valence-electron chi connectivity index (χ2n) is 5.55. The third-order valence-corrected chi connectivity index (χ3v) is 4.14. The van der Waals surface area contributed by atoms with Crippen molar-refractivity contribution in [3.63, 3.8) is 0 Å². The fourth-order valence-corrected chi connectivity index (χ4v) is 2.69. The lowest BCUT2D eigenvalue weighted by Gasteiger charge is -2.51. The molecule has 129 valence electrons. The third-order valence-electron chi connectivity index (χ3n) is 4.14. The highest BCUT2D eigenvalue weighted by Crippen LogP contribution is 2.37. The van der Waals surface area contributed by atoms with Crippen LogP contribution in [0, 0.1) is 6.61 Å².